The monoisotopic (exact) mass is 298 g/mol. The summed E-state index contributed by atoms with van der Waals surface area (Å²) < 4.78 is 26.9. The van der Waals surface area contributed by atoms with Crippen molar-refractivity contribution in [3.8, 4) is 0 Å². The molecule has 1 heterocycles. The average Bonchev–Trinajstić information content (AvgIpc) is 2.60. The molecule has 0 aromatic heterocycles. The molecule has 1 aliphatic heterocycles. The lowest BCUT2D eigenvalue weighted by Gasteiger charge is -2.23. The van der Waals surface area contributed by atoms with Gasteiger partial charge in [0.25, 0.3) is 0 Å². The molecule has 112 valence electrons. The molecule has 1 saturated heterocycles. The predicted octanol–water partition coefficient (Wildman–Crippen LogP) is 1.65. The van der Waals surface area contributed by atoms with Crippen molar-refractivity contribution in [3.63, 3.8) is 0 Å². The van der Waals surface area contributed by atoms with Gasteiger partial charge in [-0.3, -0.25) is 0 Å². The lowest BCUT2D eigenvalue weighted by atomic mass is 9.98. The van der Waals surface area contributed by atoms with Gasteiger partial charge in [-0.2, -0.15) is 4.31 Å². The van der Waals surface area contributed by atoms with Gasteiger partial charge in [0.05, 0.1) is 11.3 Å². The number of hydrogen-bond donors (Lipinski definition) is 2. The molecule has 1 fully saturated rings. The normalized spacial score (nSPS) is 25.1. The molecule has 0 saturated carbocycles. The van der Waals surface area contributed by atoms with Crippen molar-refractivity contribution in [1.29, 1.82) is 0 Å². The fourth-order valence-electron chi connectivity index (χ4n) is 2.52. The molecule has 0 amide bonds. The summed E-state index contributed by atoms with van der Waals surface area (Å²) in [6.07, 6.45) is 1.77. The molecule has 0 aliphatic carbocycles. The van der Waals surface area contributed by atoms with E-state index in [1.165, 1.54) is 4.31 Å². The first kappa shape index (κ1) is 15.3. The summed E-state index contributed by atoms with van der Waals surface area (Å²) in [5, 5.41) is 13.0. The van der Waals surface area contributed by atoms with Crippen molar-refractivity contribution in [2.24, 2.45) is 0 Å². The summed E-state index contributed by atoms with van der Waals surface area (Å²) in [5.41, 5.74) is -0.171. The van der Waals surface area contributed by atoms with Gasteiger partial charge < -0.3 is 10.4 Å². The zero-order chi connectivity index (χ0) is 14.8. The minimum Gasteiger partial charge on any atom is -0.390 e. The number of para-hydroxylation sites is 1. The highest BCUT2D eigenvalue weighted by Crippen LogP contribution is 2.28. The van der Waals surface area contributed by atoms with Crippen LogP contribution in [0.2, 0.25) is 0 Å². The first-order valence-corrected chi connectivity index (χ1v) is 8.30. The van der Waals surface area contributed by atoms with Crippen LogP contribution in [-0.2, 0) is 10.0 Å². The summed E-state index contributed by atoms with van der Waals surface area (Å²) in [7, 11) is -1.81. The largest absolute Gasteiger partial charge is 0.390 e. The van der Waals surface area contributed by atoms with Crippen LogP contribution in [-0.4, -0.2) is 43.6 Å². The summed E-state index contributed by atoms with van der Waals surface area (Å²) in [5.74, 6) is 0. The molecular formula is C14H22N2O3S. The zero-order valence-electron chi connectivity index (χ0n) is 12.0. The van der Waals surface area contributed by atoms with Crippen LogP contribution < -0.4 is 5.32 Å². The van der Waals surface area contributed by atoms with Crippen molar-refractivity contribution < 1.29 is 13.5 Å². The van der Waals surface area contributed by atoms with E-state index in [1.54, 1.807) is 38.2 Å². The number of aliphatic hydroxyl groups is 1. The fraction of sp³-hybridized carbons (Fsp3) is 0.571. The molecule has 1 unspecified atom stereocenters. The summed E-state index contributed by atoms with van der Waals surface area (Å²) >= 11 is 0. The Morgan fingerprint density at radius 1 is 1.25 bits per heavy atom. The molecule has 1 atom stereocenters. The minimum absolute atomic E-state index is 0.295. The highest BCUT2D eigenvalue weighted by Gasteiger charge is 2.32. The Morgan fingerprint density at radius 3 is 2.65 bits per heavy atom. The second-order valence-corrected chi connectivity index (χ2v) is 7.41. The second kappa shape index (κ2) is 5.71. The quantitative estimate of drug-likeness (QED) is 0.890. The Labute approximate surface area is 120 Å². The van der Waals surface area contributed by atoms with E-state index in [2.05, 4.69) is 5.32 Å². The molecule has 0 bridgehead atoms. The van der Waals surface area contributed by atoms with Crippen molar-refractivity contribution in [1.82, 2.24) is 4.31 Å². The van der Waals surface area contributed by atoms with Crippen LogP contribution >= 0.6 is 0 Å². The number of benzene rings is 1. The molecule has 1 aromatic rings. The Hall–Kier alpha value is -1.11. The fourth-order valence-corrected chi connectivity index (χ4v) is 4.19. The number of sulfonamides is 1. The lowest BCUT2D eigenvalue weighted by molar-refractivity contribution is 0.0465. The van der Waals surface area contributed by atoms with Crippen LogP contribution in [0.25, 0.3) is 0 Å². The molecule has 6 heteroatoms. The second-order valence-electron chi connectivity index (χ2n) is 5.50. The van der Waals surface area contributed by atoms with E-state index in [9.17, 15) is 13.5 Å². The van der Waals surface area contributed by atoms with E-state index in [0.717, 1.165) is 0 Å². The number of nitrogens with zero attached hydrogens (tertiary/aromatic N) is 1. The maximum Gasteiger partial charge on any atom is 0.245 e. The molecule has 2 rings (SSSR count). The number of hydrogen-bond acceptors (Lipinski definition) is 4. The van der Waals surface area contributed by atoms with E-state index in [1.807, 2.05) is 0 Å². The van der Waals surface area contributed by atoms with Crippen LogP contribution in [0, 0.1) is 0 Å². The van der Waals surface area contributed by atoms with Crippen LogP contribution in [0.1, 0.15) is 26.2 Å². The third-order valence-corrected chi connectivity index (χ3v) is 5.75. The maximum atomic E-state index is 12.7. The van der Waals surface area contributed by atoms with Crippen LogP contribution in [0.5, 0.6) is 0 Å². The summed E-state index contributed by atoms with van der Waals surface area (Å²) in [6, 6.07) is 6.89. The Kier molecular flexibility index (Phi) is 4.36. The topological polar surface area (TPSA) is 69.6 Å². The van der Waals surface area contributed by atoms with Gasteiger partial charge in [-0.15, -0.1) is 0 Å². The molecule has 5 nitrogen and oxygen atoms in total. The smallest absolute Gasteiger partial charge is 0.245 e. The van der Waals surface area contributed by atoms with Crippen LogP contribution in [0.3, 0.4) is 0 Å². The average molecular weight is 298 g/mol. The first-order chi connectivity index (χ1) is 9.37. The Balaban J connectivity index is 2.30. The van der Waals surface area contributed by atoms with E-state index in [4.69, 9.17) is 0 Å². The van der Waals surface area contributed by atoms with E-state index in [-0.39, 0.29) is 0 Å². The molecule has 2 N–H and O–H groups in total. The van der Waals surface area contributed by atoms with Gasteiger partial charge in [-0.1, -0.05) is 12.1 Å². The van der Waals surface area contributed by atoms with Gasteiger partial charge >= 0.3 is 0 Å². The Bertz CT molecular complexity index is 570. The van der Waals surface area contributed by atoms with Crippen LogP contribution in [0.4, 0.5) is 5.69 Å². The van der Waals surface area contributed by atoms with Crippen molar-refractivity contribution in [3.05, 3.63) is 24.3 Å². The SMILES string of the molecule is CNc1ccccc1S(=O)(=O)N1CCCC(C)(O)CC1. The third-order valence-electron chi connectivity index (χ3n) is 3.80. The van der Waals surface area contributed by atoms with E-state index >= 15 is 0 Å². The molecule has 0 spiro atoms. The maximum absolute atomic E-state index is 12.7. The molecule has 1 aliphatic rings. The van der Waals surface area contributed by atoms with Crippen molar-refractivity contribution >= 4 is 15.7 Å². The Morgan fingerprint density at radius 2 is 1.95 bits per heavy atom. The molecular weight excluding hydrogens is 276 g/mol. The number of nitrogens with one attached hydrogen (secondary N) is 1. The summed E-state index contributed by atoms with van der Waals surface area (Å²) in [4.78, 5) is 0.295. The number of anilines is 1. The van der Waals surface area contributed by atoms with Crippen LogP contribution in [0.15, 0.2) is 29.2 Å². The molecule has 20 heavy (non-hydrogen) atoms. The molecule has 0 radical (unpaired) electrons. The van der Waals surface area contributed by atoms with Gasteiger partial charge in [0.15, 0.2) is 0 Å². The highest BCUT2D eigenvalue weighted by atomic mass is 32.2. The number of rotatable bonds is 3. The van der Waals surface area contributed by atoms with Gasteiger partial charge in [-0.05, 0) is 38.3 Å². The van der Waals surface area contributed by atoms with Gasteiger partial charge in [-0.25, -0.2) is 8.42 Å². The minimum atomic E-state index is -3.52. The van der Waals surface area contributed by atoms with Gasteiger partial charge in [0.2, 0.25) is 10.0 Å². The summed E-state index contributed by atoms with van der Waals surface area (Å²) in [6.45, 7) is 2.58. The van der Waals surface area contributed by atoms with Crippen molar-refractivity contribution in [2.45, 2.75) is 36.7 Å². The zero-order valence-corrected chi connectivity index (χ0v) is 12.8. The van der Waals surface area contributed by atoms with Crippen molar-refractivity contribution in [2.75, 3.05) is 25.5 Å². The predicted molar refractivity (Wildman–Crippen MR) is 79.2 cm³/mol. The molecule has 1 aromatic carbocycles. The third kappa shape index (κ3) is 3.13. The van der Waals surface area contributed by atoms with E-state index in [0.29, 0.717) is 42.9 Å². The van der Waals surface area contributed by atoms with Gasteiger partial charge in [0, 0.05) is 20.1 Å². The standard InChI is InChI=1S/C14H22N2O3S/c1-14(17)8-5-10-16(11-9-14)20(18,19)13-7-4-3-6-12(13)15-2/h3-4,6-7,15,17H,5,8-11H2,1-2H3. The first-order valence-electron chi connectivity index (χ1n) is 6.86. The lowest BCUT2D eigenvalue weighted by Crippen LogP contribution is -2.33. The van der Waals surface area contributed by atoms with Gasteiger partial charge in [0.1, 0.15) is 4.90 Å². The highest BCUT2D eigenvalue weighted by molar-refractivity contribution is 7.89. The van der Waals surface area contributed by atoms with E-state index < -0.39 is 15.6 Å².